The predicted molar refractivity (Wildman–Crippen MR) is 81.2 cm³/mol. The first-order chi connectivity index (χ1) is 9.77. The average molecular weight is 331 g/mol. The molecule has 0 spiro atoms. The van der Waals surface area contributed by atoms with Gasteiger partial charge in [-0.15, -0.1) is 0 Å². The summed E-state index contributed by atoms with van der Waals surface area (Å²) >= 11 is 1.43. The Kier molecular flexibility index (Phi) is 6.38. The SMILES string of the molecule is CSCC[C@H](NS(=O)(=O)c1cccc(C(C)=O)c1)C(=O)O. The van der Waals surface area contributed by atoms with Gasteiger partial charge in [0.1, 0.15) is 6.04 Å². The number of hydrogen-bond acceptors (Lipinski definition) is 5. The third-order valence-electron chi connectivity index (χ3n) is 2.76. The van der Waals surface area contributed by atoms with E-state index in [9.17, 15) is 18.0 Å². The van der Waals surface area contributed by atoms with E-state index in [0.29, 0.717) is 5.75 Å². The van der Waals surface area contributed by atoms with Crippen LogP contribution in [0.3, 0.4) is 0 Å². The normalized spacial score (nSPS) is 12.9. The van der Waals surface area contributed by atoms with Crippen molar-refractivity contribution in [2.75, 3.05) is 12.0 Å². The van der Waals surface area contributed by atoms with Crippen molar-refractivity contribution in [2.24, 2.45) is 0 Å². The highest BCUT2D eigenvalue weighted by molar-refractivity contribution is 7.98. The largest absolute Gasteiger partial charge is 0.480 e. The fraction of sp³-hybridized carbons (Fsp3) is 0.385. The predicted octanol–water partition coefficient (Wildman–Crippen LogP) is 1.37. The lowest BCUT2D eigenvalue weighted by molar-refractivity contribution is -0.139. The van der Waals surface area contributed by atoms with E-state index in [4.69, 9.17) is 5.11 Å². The Balaban J connectivity index is 3.01. The molecular weight excluding hydrogens is 314 g/mol. The number of ketones is 1. The number of carbonyl (C=O) groups excluding carboxylic acids is 1. The molecule has 0 amide bonds. The smallest absolute Gasteiger partial charge is 0.321 e. The maximum atomic E-state index is 12.2. The zero-order valence-electron chi connectivity index (χ0n) is 11.7. The molecular formula is C13H17NO5S2. The van der Waals surface area contributed by atoms with Crippen LogP contribution in [0.2, 0.25) is 0 Å². The number of rotatable bonds is 8. The van der Waals surface area contributed by atoms with E-state index in [0.717, 1.165) is 0 Å². The maximum Gasteiger partial charge on any atom is 0.321 e. The average Bonchev–Trinajstić information content (AvgIpc) is 2.43. The number of carboxylic acids is 1. The molecule has 0 heterocycles. The highest BCUT2D eigenvalue weighted by Gasteiger charge is 2.25. The second-order valence-corrected chi connectivity index (χ2v) is 7.08. The van der Waals surface area contributed by atoms with Crippen molar-refractivity contribution in [1.82, 2.24) is 4.72 Å². The number of thioether (sulfide) groups is 1. The molecule has 0 bridgehead atoms. The van der Waals surface area contributed by atoms with E-state index < -0.39 is 22.0 Å². The summed E-state index contributed by atoms with van der Waals surface area (Å²) in [5.74, 6) is -0.966. The molecule has 21 heavy (non-hydrogen) atoms. The summed E-state index contributed by atoms with van der Waals surface area (Å²) in [5.41, 5.74) is 0.258. The van der Waals surface area contributed by atoms with Crippen LogP contribution < -0.4 is 4.72 Å². The number of Topliss-reactive ketones (excluding diaryl/α,β-unsaturated/α-hetero) is 1. The van der Waals surface area contributed by atoms with Crippen LogP contribution in [0.5, 0.6) is 0 Å². The van der Waals surface area contributed by atoms with Crippen LogP contribution in [0.1, 0.15) is 23.7 Å². The Hall–Kier alpha value is -1.38. The first-order valence-corrected chi connectivity index (χ1v) is 9.00. The number of aliphatic carboxylic acids is 1. The molecule has 8 heteroatoms. The molecule has 0 fully saturated rings. The van der Waals surface area contributed by atoms with Crippen LogP contribution in [0, 0.1) is 0 Å². The zero-order chi connectivity index (χ0) is 16.0. The molecule has 116 valence electrons. The van der Waals surface area contributed by atoms with Crippen molar-refractivity contribution in [3.8, 4) is 0 Å². The van der Waals surface area contributed by atoms with Gasteiger partial charge in [-0.25, -0.2) is 8.42 Å². The highest BCUT2D eigenvalue weighted by atomic mass is 32.2. The molecule has 1 aromatic carbocycles. The Morgan fingerprint density at radius 3 is 2.57 bits per heavy atom. The van der Waals surface area contributed by atoms with Crippen LogP contribution in [0.25, 0.3) is 0 Å². The van der Waals surface area contributed by atoms with E-state index in [1.165, 1.54) is 43.0 Å². The van der Waals surface area contributed by atoms with Crippen molar-refractivity contribution in [1.29, 1.82) is 0 Å². The minimum Gasteiger partial charge on any atom is -0.480 e. The summed E-state index contributed by atoms with van der Waals surface area (Å²) in [5, 5.41) is 9.06. The fourth-order valence-corrected chi connectivity index (χ4v) is 3.35. The van der Waals surface area contributed by atoms with Gasteiger partial charge in [-0.3, -0.25) is 9.59 Å². The van der Waals surface area contributed by atoms with Gasteiger partial charge in [-0.05, 0) is 37.5 Å². The minimum atomic E-state index is -3.98. The van der Waals surface area contributed by atoms with E-state index in [-0.39, 0.29) is 22.7 Å². The summed E-state index contributed by atoms with van der Waals surface area (Å²) in [6.07, 6.45) is 1.99. The summed E-state index contributed by atoms with van der Waals surface area (Å²) in [6.45, 7) is 1.33. The number of hydrogen-bond donors (Lipinski definition) is 2. The molecule has 1 rings (SSSR count). The second-order valence-electron chi connectivity index (χ2n) is 4.38. The summed E-state index contributed by atoms with van der Waals surface area (Å²) < 4.78 is 26.5. The van der Waals surface area contributed by atoms with Gasteiger partial charge in [0, 0.05) is 5.56 Å². The van der Waals surface area contributed by atoms with Gasteiger partial charge in [-0.2, -0.15) is 16.5 Å². The van der Waals surface area contributed by atoms with Crippen molar-refractivity contribution < 1.29 is 23.1 Å². The van der Waals surface area contributed by atoms with Crippen molar-refractivity contribution in [2.45, 2.75) is 24.3 Å². The molecule has 0 saturated heterocycles. The van der Waals surface area contributed by atoms with Gasteiger partial charge in [0.25, 0.3) is 0 Å². The van der Waals surface area contributed by atoms with Crippen LogP contribution in [-0.2, 0) is 14.8 Å². The first-order valence-electron chi connectivity index (χ1n) is 6.13. The van der Waals surface area contributed by atoms with Crippen LogP contribution >= 0.6 is 11.8 Å². The number of benzene rings is 1. The molecule has 0 unspecified atom stereocenters. The topological polar surface area (TPSA) is 101 Å². The van der Waals surface area contributed by atoms with Crippen molar-refractivity contribution >= 4 is 33.5 Å². The zero-order valence-corrected chi connectivity index (χ0v) is 13.3. The summed E-state index contributed by atoms with van der Waals surface area (Å²) in [4.78, 5) is 22.3. The summed E-state index contributed by atoms with van der Waals surface area (Å²) in [6, 6.07) is 4.32. The Bertz CT molecular complexity index is 627. The third-order valence-corrected chi connectivity index (χ3v) is 4.87. The minimum absolute atomic E-state index is 0.120. The fourth-order valence-electron chi connectivity index (χ4n) is 1.61. The monoisotopic (exact) mass is 331 g/mol. The molecule has 2 N–H and O–H groups in total. The van der Waals surface area contributed by atoms with E-state index in [2.05, 4.69) is 4.72 Å². The van der Waals surface area contributed by atoms with Crippen LogP contribution in [0.4, 0.5) is 0 Å². The third kappa shape index (κ3) is 5.14. The molecule has 1 atom stereocenters. The van der Waals surface area contributed by atoms with Gasteiger partial charge >= 0.3 is 5.97 Å². The Morgan fingerprint density at radius 2 is 2.05 bits per heavy atom. The van der Waals surface area contributed by atoms with Crippen molar-refractivity contribution in [3.05, 3.63) is 29.8 Å². The second kappa shape index (κ2) is 7.58. The number of nitrogens with one attached hydrogen (secondary N) is 1. The van der Waals surface area contributed by atoms with Gasteiger partial charge in [0.15, 0.2) is 5.78 Å². The number of sulfonamides is 1. The molecule has 0 aliphatic carbocycles. The molecule has 0 aromatic heterocycles. The molecule has 0 aliphatic heterocycles. The standard InChI is InChI=1S/C13H17NO5S2/c1-9(15)10-4-3-5-11(8-10)21(18,19)14-12(13(16)17)6-7-20-2/h3-5,8,12,14H,6-7H2,1-2H3,(H,16,17)/t12-/m0/s1. The van der Waals surface area contributed by atoms with E-state index in [1.807, 2.05) is 6.26 Å². The molecule has 0 aliphatic rings. The molecule has 6 nitrogen and oxygen atoms in total. The summed E-state index contributed by atoms with van der Waals surface area (Å²) in [7, 11) is -3.98. The molecule has 0 saturated carbocycles. The van der Waals surface area contributed by atoms with Crippen LogP contribution in [0.15, 0.2) is 29.2 Å². The number of carboxylic acid groups (broad SMARTS) is 1. The maximum absolute atomic E-state index is 12.2. The van der Waals surface area contributed by atoms with Crippen molar-refractivity contribution in [3.63, 3.8) is 0 Å². The quantitative estimate of drug-likeness (QED) is 0.698. The van der Waals surface area contributed by atoms with Gasteiger partial charge in [-0.1, -0.05) is 12.1 Å². The first kappa shape index (κ1) is 17.7. The Morgan fingerprint density at radius 1 is 1.38 bits per heavy atom. The molecule has 0 radical (unpaired) electrons. The Labute approximate surface area is 128 Å². The van der Waals surface area contributed by atoms with E-state index >= 15 is 0 Å². The lowest BCUT2D eigenvalue weighted by Crippen LogP contribution is -2.41. The van der Waals surface area contributed by atoms with Gasteiger partial charge in [0.2, 0.25) is 10.0 Å². The number of carbonyl (C=O) groups is 2. The molecule has 1 aromatic rings. The van der Waals surface area contributed by atoms with Gasteiger partial charge in [0.05, 0.1) is 4.90 Å². The lowest BCUT2D eigenvalue weighted by Gasteiger charge is -2.14. The van der Waals surface area contributed by atoms with Gasteiger partial charge < -0.3 is 5.11 Å². The van der Waals surface area contributed by atoms with E-state index in [1.54, 1.807) is 0 Å². The lowest BCUT2D eigenvalue weighted by atomic mass is 10.2. The highest BCUT2D eigenvalue weighted by Crippen LogP contribution is 2.13. The van der Waals surface area contributed by atoms with Crippen LogP contribution in [-0.4, -0.2) is 43.3 Å².